The maximum atomic E-state index is 13.4. The molecule has 5 rings (SSSR count). The molecule has 2 aliphatic heterocycles. The minimum atomic E-state index is -0.497. The minimum absolute atomic E-state index is 0.0403. The molecule has 2 heterocycles. The van der Waals surface area contributed by atoms with E-state index < -0.39 is 5.41 Å². The lowest BCUT2D eigenvalue weighted by molar-refractivity contribution is -0.148. The number of carbonyl (C=O) groups excluding carboxylic acids is 3. The Bertz CT molecular complexity index is 1250. The van der Waals surface area contributed by atoms with Crippen molar-refractivity contribution in [2.75, 3.05) is 42.2 Å². The number of anilines is 3. The number of benzene rings is 2. The molecule has 1 aliphatic carbocycles. The maximum Gasteiger partial charge on any atom is 0.323 e. The van der Waals surface area contributed by atoms with Crippen LogP contribution in [0.25, 0.3) is 0 Å². The van der Waals surface area contributed by atoms with Crippen LogP contribution >= 0.6 is 0 Å². The number of hydrogen-bond acceptors (Lipinski definition) is 5. The number of nitrogens with zero attached hydrogens (tertiary/aromatic N) is 3. The Kier molecular flexibility index (Phi) is 8.94. The van der Waals surface area contributed by atoms with Gasteiger partial charge in [0.25, 0.3) is 0 Å². The molecule has 3 aliphatic rings. The Balaban J connectivity index is 1.10. The predicted molar refractivity (Wildman–Crippen MR) is 166 cm³/mol. The van der Waals surface area contributed by atoms with Gasteiger partial charge >= 0.3 is 6.03 Å². The van der Waals surface area contributed by atoms with Gasteiger partial charge in [-0.15, -0.1) is 0 Å². The lowest BCUT2D eigenvalue weighted by atomic mass is 9.94. The molecule has 226 valence electrons. The summed E-state index contributed by atoms with van der Waals surface area (Å²) in [5.41, 5.74) is 1.95. The molecule has 3 fully saturated rings. The third-order valence-electron chi connectivity index (χ3n) is 8.71. The van der Waals surface area contributed by atoms with Crippen molar-refractivity contribution in [1.82, 2.24) is 9.80 Å². The van der Waals surface area contributed by atoms with Gasteiger partial charge in [-0.3, -0.25) is 9.59 Å². The van der Waals surface area contributed by atoms with Crippen LogP contribution in [0.3, 0.4) is 0 Å². The molecular weight excluding hydrogens is 530 g/mol. The Morgan fingerprint density at radius 2 is 1.45 bits per heavy atom. The zero-order chi connectivity index (χ0) is 29.9. The molecule has 0 radical (unpaired) electrons. The number of nitrogens with one attached hydrogen (secondary N) is 2. The standard InChI is InChI=1S/C33H45N5O4/c1-33(2,3)31(40)38-20-7-10-29(38)30(39)36(4)26-19-21-37(22-26)25-15-11-23(12-16-25)34-32(41)35-24-13-17-28(18-14-24)42-27-8-5-6-9-27/h11-18,26-27,29H,5-10,19-22H2,1-4H3,(H2,34,35,41). The highest BCUT2D eigenvalue weighted by Crippen LogP contribution is 2.29. The molecule has 2 atom stereocenters. The third kappa shape index (κ3) is 6.99. The molecule has 2 aromatic carbocycles. The van der Waals surface area contributed by atoms with Crippen LogP contribution in [0.2, 0.25) is 0 Å². The van der Waals surface area contributed by atoms with Gasteiger partial charge in [0.15, 0.2) is 0 Å². The molecule has 0 aromatic heterocycles. The molecule has 9 nitrogen and oxygen atoms in total. The zero-order valence-corrected chi connectivity index (χ0v) is 25.4. The van der Waals surface area contributed by atoms with E-state index in [4.69, 9.17) is 4.74 Å². The molecule has 2 unspecified atom stereocenters. The van der Waals surface area contributed by atoms with Crippen LogP contribution in [0.1, 0.15) is 65.7 Å². The van der Waals surface area contributed by atoms with Crippen molar-refractivity contribution in [2.45, 2.75) is 83.9 Å². The van der Waals surface area contributed by atoms with Crippen LogP contribution < -0.4 is 20.3 Å². The van der Waals surface area contributed by atoms with Crippen molar-refractivity contribution in [3.05, 3.63) is 48.5 Å². The average Bonchev–Trinajstić information content (AvgIpc) is 3.75. The van der Waals surface area contributed by atoms with Crippen molar-refractivity contribution >= 4 is 34.9 Å². The normalized spacial score (nSPS) is 21.0. The van der Waals surface area contributed by atoms with E-state index in [9.17, 15) is 14.4 Å². The first-order chi connectivity index (χ1) is 20.1. The Hall–Kier alpha value is -3.75. The fourth-order valence-corrected chi connectivity index (χ4v) is 6.27. The number of hydrogen-bond donors (Lipinski definition) is 2. The third-order valence-corrected chi connectivity index (χ3v) is 8.71. The van der Waals surface area contributed by atoms with Gasteiger partial charge < -0.3 is 30.1 Å². The zero-order valence-electron chi connectivity index (χ0n) is 25.4. The largest absolute Gasteiger partial charge is 0.490 e. The van der Waals surface area contributed by atoms with E-state index in [2.05, 4.69) is 15.5 Å². The van der Waals surface area contributed by atoms with Gasteiger partial charge in [-0.25, -0.2) is 4.79 Å². The monoisotopic (exact) mass is 575 g/mol. The van der Waals surface area contributed by atoms with E-state index in [0.717, 1.165) is 56.6 Å². The summed E-state index contributed by atoms with van der Waals surface area (Å²) < 4.78 is 6.00. The maximum absolute atomic E-state index is 13.4. The summed E-state index contributed by atoms with van der Waals surface area (Å²) in [6, 6.07) is 14.7. The molecule has 2 N–H and O–H groups in total. The Morgan fingerprint density at radius 1 is 0.833 bits per heavy atom. The van der Waals surface area contributed by atoms with Gasteiger partial charge in [0, 0.05) is 49.2 Å². The lowest BCUT2D eigenvalue weighted by Crippen LogP contribution is -2.52. The van der Waals surface area contributed by atoms with Crippen LogP contribution in [-0.4, -0.2) is 72.5 Å². The first-order valence-corrected chi connectivity index (χ1v) is 15.4. The predicted octanol–water partition coefficient (Wildman–Crippen LogP) is 5.73. The second-order valence-electron chi connectivity index (χ2n) is 12.9. The van der Waals surface area contributed by atoms with E-state index >= 15 is 0 Å². The number of ether oxygens (including phenoxy) is 1. The Morgan fingerprint density at radius 3 is 2.07 bits per heavy atom. The molecule has 2 saturated heterocycles. The highest BCUT2D eigenvalue weighted by atomic mass is 16.5. The SMILES string of the molecule is CN(C(=O)C1CCCN1C(=O)C(C)(C)C)C1CCN(c2ccc(NC(=O)Nc3ccc(OC4CCCC4)cc3)cc2)C1. The summed E-state index contributed by atoms with van der Waals surface area (Å²) in [7, 11) is 1.87. The smallest absolute Gasteiger partial charge is 0.323 e. The van der Waals surface area contributed by atoms with E-state index in [0.29, 0.717) is 24.0 Å². The first-order valence-electron chi connectivity index (χ1n) is 15.4. The molecule has 2 aromatic rings. The van der Waals surface area contributed by atoms with E-state index in [-0.39, 0.29) is 29.9 Å². The number of carbonyl (C=O) groups is 3. The number of likely N-dealkylation sites (tertiary alicyclic amines) is 1. The molecule has 0 spiro atoms. The summed E-state index contributed by atoms with van der Waals surface area (Å²) >= 11 is 0. The van der Waals surface area contributed by atoms with Crippen molar-refractivity contribution in [1.29, 1.82) is 0 Å². The molecule has 9 heteroatoms. The highest BCUT2D eigenvalue weighted by molar-refractivity contribution is 5.99. The molecule has 4 amide bonds. The van der Waals surface area contributed by atoms with E-state index in [1.54, 1.807) is 4.90 Å². The number of urea groups is 1. The Labute approximate surface area is 249 Å². The van der Waals surface area contributed by atoms with Crippen LogP contribution in [0, 0.1) is 5.41 Å². The van der Waals surface area contributed by atoms with Crippen molar-refractivity contribution in [2.24, 2.45) is 5.41 Å². The topological polar surface area (TPSA) is 94.2 Å². The van der Waals surface area contributed by atoms with Gasteiger partial charge in [-0.05, 0) is 93.5 Å². The van der Waals surface area contributed by atoms with Gasteiger partial charge in [-0.2, -0.15) is 0 Å². The second kappa shape index (κ2) is 12.6. The summed E-state index contributed by atoms with van der Waals surface area (Å²) in [4.78, 5) is 44.8. The van der Waals surface area contributed by atoms with Crippen molar-refractivity contribution in [3.63, 3.8) is 0 Å². The van der Waals surface area contributed by atoms with Gasteiger partial charge in [0.05, 0.1) is 12.1 Å². The van der Waals surface area contributed by atoms with Crippen LogP contribution in [0.5, 0.6) is 5.75 Å². The average molecular weight is 576 g/mol. The summed E-state index contributed by atoms with van der Waals surface area (Å²) in [6.07, 6.45) is 7.43. The van der Waals surface area contributed by atoms with Crippen molar-refractivity contribution in [3.8, 4) is 5.75 Å². The molecule has 42 heavy (non-hydrogen) atoms. The highest BCUT2D eigenvalue weighted by Gasteiger charge is 2.41. The van der Waals surface area contributed by atoms with Gasteiger partial charge in [-0.1, -0.05) is 20.8 Å². The number of likely N-dealkylation sites (N-methyl/N-ethyl adjacent to an activating group) is 1. The van der Waals surface area contributed by atoms with Crippen LogP contribution in [0.15, 0.2) is 48.5 Å². The fraction of sp³-hybridized carbons (Fsp3) is 0.545. The lowest BCUT2D eigenvalue weighted by Gasteiger charge is -2.34. The number of amides is 4. The second-order valence-corrected chi connectivity index (χ2v) is 12.9. The van der Waals surface area contributed by atoms with Crippen molar-refractivity contribution < 1.29 is 19.1 Å². The molecule has 0 bridgehead atoms. The van der Waals surface area contributed by atoms with E-state index in [1.807, 2.05) is 81.2 Å². The molecular formula is C33H45N5O4. The minimum Gasteiger partial charge on any atom is -0.490 e. The van der Waals surface area contributed by atoms with E-state index in [1.165, 1.54) is 12.8 Å². The molecule has 1 saturated carbocycles. The first kappa shape index (κ1) is 29.7. The fourth-order valence-electron chi connectivity index (χ4n) is 6.27. The van der Waals surface area contributed by atoms with Gasteiger partial charge in [0.1, 0.15) is 11.8 Å². The summed E-state index contributed by atoms with van der Waals surface area (Å²) in [5.74, 6) is 0.919. The van der Waals surface area contributed by atoms with Gasteiger partial charge in [0.2, 0.25) is 11.8 Å². The summed E-state index contributed by atoms with van der Waals surface area (Å²) in [5, 5.41) is 5.77. The number of rotatable bonds is 7. The van der Waals surface area contributed by atoms with Crippen LogP contribution in [0.4, 0.5) is 21.9 Å². The summed E-state index contributed by atoms with van der Waals surface area (Å²) in [6.45, 7) is 7.95. The van der Waals surface area contributed by atoms with Crippen LogP contribution in [-0.2, 0) is 9.59 Å². The quantitative estimate of drug-likeness (QED) is 0.440.